The molecule has 1 saturated carbocycles. The van der Waals surface area contributed by atoms with Crippen molar-refractivity contribution in [2.75, 3.05) is 18.4 Å². The van der Waals surface area contributed by atoms with Gasteiger partial charge in [0, 0.05) is 12.1 Å². The summed E-state index contributed by atoms with van der Waals surface area (Å²) in [5.74, 6) is 1.01. The maximum Gasteiger partial charge on any atom is 0.290 e. The molecule has 7 nitrogen and oxygen atoms in total. The van der Waals surface area contributed by atoms with Gasteiger partial charge in [0.15, 0.2) is 0 Å². The number of hydrogen-bond donors (Lipinski definition) is 2. The largest absolute Gasteiger partial charge is 0.361 e. The molecule has 1 aromatic rings. The van der Waals surface area contributed by atoms with Crippen LogP contribution in [0.25, 0.3) is 0 Å². The monoisotopic (exact) mass is 264 g/mol. The maximum absolute atomic E-state index is 11.5. The second-order valence-corrected chi connectivity index (χ2v) is 4.71. The Bertz CT molecular complexity index is 500. The van der Waals surface area contributed by atoms with Gasteiger partial charge in [-0.3, -0.25) is 14.9 Å². The highest BCUT2D eigenvalue weighted by molar-refractivity contribution is 5.80. The van der Waals surface area contributed by atoms with Gasteiger partial charge in [-0.25, -0.2) is 4.98 Å². The quantitative estimate of drug-likeness (QED) is 0.595. The molecule has 19 heavy (non-hydrogen) atoms. The predicted molar refractivity (Wildman–Crippen MR) is 69.9 cm³/mol. The van der Waals surface area contributed by atoms with Gasteiger partial charge in [-0.05, 0) is 31.7 Å². The van der Waals surface area contributed by atoms with Gasteiger partial charge in [0.2, 0.25) is 5.91 Å². The molecule has 0 spiro atoms. The third-order valence-electron chi connectivity index (χ3n) is 2.99. The number of aryl methyl sites for hydroxylation is 1. The van der Waals surface area contributed by atoms with Crippen molar-refractivity contribution >= 4 is 17.4 Å². The van der Waals surface area contributed by atoms with E-state index in [0.717, 1.165) is 6.54 Å². The van der Waals surface area contributed by atoms with Crippen LogP contribution in [0.15, 0.2) is 12.3 Å². The standard InChI is InChI=1S/C12H16N4O3/c1-8-4-11(13-6-10(8)16(18)19)14-7-12(17)15-5-9-2-3-9/h4,6,9H,2-3,5,7H2,1H3,(H,13,14)(H,15,17). The van der Waals surface area contributed by atoms with Crippen molar-refractivity contribution in [1.82, 2.24) is 10.3 Å². The zero-order valence-corrected chi connectivity index (χ0v) is 10.7. The minimum Gasteiger partial charge on any atom is -0.361 e. The fraction of sp³-hybridized carbons (Fsp3) is 0.500. The number of nitro groups is 1. The molecule has 1 aliphatic rings. The summed E-state index contributed by atoms with van der Waals surface area (Å²) in [4.78, 5) is 25.6. The van der Waals surface area contributed by atoms with Crippen molar-refractivity contribution in [1.29, 1.82) is 0 Å². The van der Waals surface area contributed by atoms with Crippen LogP contribution in [0.4, 0.5) is 11.5 Å². The van der Waals surface area contributed by atoms with E-state index >= 15 is 0 Å². The molecule has 0 aliphatic heterocycles. The van der Waals surface area contributed by atoms with Crippen LogP contribution in [0.5, 0.6) is 0 Å². The number of anilines is 1. The van der Waals surface area contributed by atoms with Crippen molar-refractivity contribution in [2.24, 2.45) is 5.92 Å². The molecule has 0 radical (unpaired) electrons. The molecule has 0 saturated heterocycles. The summed E-state index contributed by atoms with van der Waals surface area (Å²) in [6.07, 6.45) is 3.58. The summed E-state index contributed by atoms with van der Waals surface area (Å²) >= 11 is 0. The van der Waals surface area contributed by atoms with Gasteiger partial charge in [-0.2, -0.15) is 0 Å². The Kier molecular flexibility index (Phi) is 3.94. The lowest BCUT2D eigenvalue weighted by molar-refractivity contribution is -0.385. The van der Waals surface area contributed by atoms with Crippen LogP contribution >= 0.6 is 0 Å². The van der Waals surface area contributed by atoms with E-state index < -0.39 is 4.92 Å². The van der Waals surface area contributed by atoms with Crippen molar-refractivity contribution in [3.05, 3.63) is 27.9 Å². The van der Waals surface area contributed by atoms with E-state index in [0.29, 0.717) is 17.3 Å². The minimum absolute atomic E-state index is 0.0243. The number of carbonyl (C=O) groups excluding carboxylic acids is 1. The first-order valence-corrected chi connectivity index (χ1v) is 6.18. The SMILES string of the molecule is Cc1cc(NCC(=O)NCC2CC2)ncc1[N+](=O)[O-]. The van der Waals surface area contributed by atoms with E-state index in [2.05, 4.69) is 15.6 Å². The van der Waals surface area contributed by atoms with Crippen LogP contribution in [0.2, 0.25) is 0 Å². The third kappa shape index (κ3) is 3.90. The Morgan fingerprint density at radius 3 is 2.89 bits per heavy atom. The van der Waals surface area contributed by atoms with E-state index in [1.165, 1.54) is 19.0 Å². The molecular formula is C12H16N4O3. The minimum atomic E-state index is -0.478. The fourth-order valence-electron chi connectivity index (χ4n) is 1.65. The lowest BCUT2D eigenvalue weighted by atomic mass is 10.2. The molecule has 0 aromatic carbocycles. The maximum atomic E-state index is 11.5. The number of nitrogens with zero attached hydrogens (tertiary/aromatic N) is 2. The van der Waals surface area contributed by atoms with Gasteiger partial charge in [0.05, 0.1) is 11.5 Å². The van der Waals surface area contributed by atoms with E-state index in [9.17, 15) is 14.9 Å². The number of carbonyl (C=O) groups is 1. The predicted octanol–water partition coefficient (Wildman–Crippen LogP) is 1.24. The van der Waals surface area contributed by atoms with Crippen molar-refractivity contribution in [3.63, 3.8) is 0 Å². The smallest absolute Gasteiger partial charge is 0.290 e. The Morgan fingerprint density at radius 2 is 2.32 bits per heavy atom. The number of nitrogens with one attached hydrogen (secondary N) is 2. The van der Waals surface area contributed by atoms with Crippen LogP contribution in [0.3, 0.4) is 0 Å². The molecule has 1 fully saturated rings. The number of aromatic nitrogens is 1. The molecule has 0 atom stereocenters. The van der Waals surface area contributed by atoms with Crippen LogP contribution in [-0.2, 0) is 4.79 Å². The second kappa shape index (κ2) is 5.64. The lowest BCUT2D eigenvalue weighted by Gasteiger charge is -2.07. The molecule has 1 heterocycles. The average molecular weight is 264 g/mol. The van der Waals surface area contributed by atoms with Gasteiger partial charge < -0.3 is 10.6 Å². The van der Waals surface area contributed by atoms with E-state index in [4.69, 9.17) is 0 Å². The highest BCUT2D eigenvalue weighted by Gasteiger charge is 2.21. The Labute approximate surface area is 110 Å². The van der Waals surface area contributed by atoms with Crippen LogP contribution < -0.4 is 10.6 Å². The zero-order chi connectivity index (χ0) is 13.8. The summed E-state index contributed by atoms with van der Waals surface area (Å²) in [6.45, 7) is 2.49. The van der Waals surface area contributed by atoms with E-state index in [1.807, 2.05) is 0 Å². The molecule has 1 amide bonds. The Hall–Kier alpha value is -2.18. The normalized spacial score (nSPS) is 13.9. The first-order valence-electron chi connectivity index (χ1n) is 6.18. The second-order valence-electron chi connectivity index (χ2n) is 4.71. The number of hydrogen-bond acceptors (Lipinski definition) is 5. The summed E-state index contributed by atoms with van der Waals surface area (Å²) in [6, 6.07) is 1.56. The Morgan fingerprint density at radius 1 is 1.58 bits per heavy atom. The molecule has 1 aliphatic carbocycles. The van der Waals surface area contributed by atoms with E-state index in [-0.39, 0.29) is 18.1 Å². The highest BCUT2D eigenvalue weighted by Crippen LogP contribution is 2.27. The molecule has 7 heteroatoms. The topological polar surface area (TPSA) is 97.2 Å². The number of amides is 1. The highest BCUT2D eigenvalue weighted by atomic mass is 16.6. The first kappa shape index (κ1) is 13.3. The molecule has 102 valence electrons. The molecule has 2 rings (SSSR count). The van der Waals surface area contributed by atoms with Gasteiger partial charge >= 0.3 is 0 Å². The summed E-state index contributed by atoms with van der Waals surface area (Å²) < 4.78 is 0. The van der Waals surface area contributed by atoms with E-state index in [1.54, 1.807) is 13.0 Å². The summed E-state index contributed by atoms with van der Waals surface area (Å²) in [7, 11) is 0. The van der Waals surface area contributed by atoms with Gasteiger partial charge in [-0.1, -0.05) is 0 Å². The lowest BCUT2D eigenvalue weighted by Crippen LogP contribution is -2.31. The van der Waals surface area contributed by atoms with Gasteiger partial charge in [-0.15, -0.1) is 0 Å². The van der Waals surface area contributed by atoms with Gasteiger partial charge in [0.1, 0.15) is 12.0 Å². The van der Waals surface area contributed by atoms with Crippen LogP contribution in [0, 0.1) is 23.0 Å². The molecule has 2 N–H and O–H groups in total. The fourth-order valence-corrected chi connectivity index (χ4v) is 1.65. The van der Waals surface area contributed by atoms with Crippen molar-refractivity contribution < 1.29 is 9.72 Å². The molecular weight excluding hydrogens is 248 g/mol. The third-order valence-corrected chi connectivity index (χ3v) is 2.99. The number of pyridine rings is 1. The van der Waals surface area contributed by atoms with Gasteiger partial charge in [0.25, 0.3) is 5.69 Å². The zero-order valence-electron chi connectivity index (χ0n) is 10.7. The molecule has 1 aromatic heterocycles. The summed E-state index contributed by atoms with van der Waals surface area (Å²) in [5.41, 5.74) is 0.490. The van der Waals surface area contributed by atoms with Crippen LogP contribution in [-0.4, -0.2) is 28.9 Å². The first-order chi connectivity index (χ1) is 9.06. The van der Waals surface area contributed by atoms with Crippen LogP contribution in [0.1, 0.15) is 18.4 Å². The summed E-state index contributed by atoms with van der Waals surface area (Å²) in [5, 5.41) is 16.3. The molecule has 0 unspecified atom stereocenters. The molecule has 0 bridgehead atoms. The number of rotatable bonds is 6. The Balaban J connectivity index is 1.83. The average Bonchev–Trinajstić information content (AvgIpc) is 3.17. The van der Waals surface area contributed by atoms with Crippen molar-refractivity contribution in [3.8, 4) is 0 Å². The van der Waals surface area contributed by atoms with Crippen molar-refractivity contribution in [2.45, 2.75) is 19.8 Å².